The minimum Gasteiger partial charge on any atom is -0.311 e. The van der Waals surface area contributed by atoms with Crippen LogP contribution in [0.5, 0.6) is 0 Å². The lowest BCUT2D eigenvalue weighted by Gasteiger charge is -2.38. The molecule has 1 N–H and O–H groups in total. The molecule has 0 spiro atoms. The summed E-state index contributed by atoms with van der Waals surface area (Å²) in [6.45, 7) is 6.44. The predicted molar refractivity (Wildman–Crippen MR) is 64.5 cm³/mol. The van der Waals surface area contributed by atoms with Gasteiger partial charge >= 0.3 is 6.18 Å². The quantitative estimate of drug-likeness (QED) is 0.900. The molecule has 0 amide bonds. The number of hydrogen-bond acceptors (Lipinski definition) is 4. The lowest BCUT2D eigenvalue weighted by molar-refractivity contribution is -0.137. The topological polar surface area (TPSA) is 28.2 Å². The van der Waals surface area contributed by atoms with Gasteiger partial charge in [-0.05, 0) is 13.8 Å². The highest BCUT2D eigenvalue weighted by Gasteiger charge is 2.35. The Labute approximate surface area is 108 Å². The summed E-state index contributed by atoms with van der Waals surface area (Å²) in [5.74, 6) is 0. The summed E-state index contributed by atoms with van der Waals surface area (Å²) >= 11 is 0.739. The summed E-state index contributed by atoms with van der Waals surface area (Å²) in [6, 6.07) is 0.670. The van der Waals surface area contributed by atoms with Crippen LogP contribution in [0.3, 0.4) is 0 Å². The number of thiazole rings is 1. The Kier molecular flexibility index (Phi) is 3.93. The van der Waals surface area contributed by atoms with Gasteiger partial charge in [0.2, 0.25) is 0 Å². The highest BCUT2D eigenvalue weighted by Crippen LogP contribution is 2.33. The van der Waals surface area contributed by atoms with Gasteiger partial charge in [-0.1, -0.05) is 0 Å². The van der Waals surface area contributed by atoms with Gasteiger partial charge in [0, 0.05) is 42.8 Å². The summed E-state index contributed by atoms with van der Waals surface area (Å²) in [6.07, 6.45) is -2.99. The van der Waals surface area contributed by atoms with Crippen molar-refractivity contribution in [1.82, 2.24) is 15.2 Å². The molecular weight excluding hydrogens is 263 g/mol. The zero-order valence-corrected chi connectivity index (χ0v) is 11.1. The van der Waals surface area contributed by atoms with Gasteiger partial charge in [-0.15, -0.1) is 11.3 Å². The fourth-order valence-corrected chi connectivity index (χ4v) is 2.87. The zero-order valence-electron chi connectivity index (χ0n) is 10.3. The Bertz CT molecular complexity index is 404. The normalized spacial score (nSPS) is 26.5. The molecule has 2 rings (SSSR count). The standard InChI is InChI=1S/C11H16F3N3S/c1-7-8(2)17(4-3-15-7)6-9-5-16-10(18-9)11(12,13)14/h5,7-8,15H,3-4,6H2,1-2H3. The molecule has 1 aliphatic rings. The van der Waals surface area contributed by atoms with Gasteiger partial charge in [0.1, 0.15) is 0 Å². The number of piperazine rings is 1. The molecule has 1 aliphatic heterocycles. The number of rotatable bonds is 2. The summed E-state index contributed by atoms with van der Waals surface area (Å²) in [5.41, 5.74) is 0. The molecule has 2 atom stereocenters. The molecule has 0 radical (unpaired) electrons. The third kappa shape index (κ3) is 3.02. The van der Waals surface area contributed by atoms with Gasteiger partial charge in [0.15, 0.2) is 5.01 Å². The van der Waals surface area contributed by atoms with Gasteiger partial charge in [0.05, 0.1) is 0 Å². The fraction of sp³-hybridized carbons (Fsp3) is 0.727. The van der Waals surface area contributed by atoms with E-state index in [1.165, 1.54) is 6.20 Å². The van der Waals surface area contributed by atoms with E-state index < -0.39 is 11.2 Å². The Balaban J connectivity index is 2.03. The van der Waals surface area contributed by atoms with Crippen molar-refractivity contribution >= 4 is 11.3 Å². The Hall–Kier alpha value is -0.660. The monoisotopic (exact) mass is 279 g/mol. The molecule has 102 valence electrons. The lowest BCUT2D eigenvalue weighted by atomic mass is 10.1. The first-order valence-electron chi connectivity index (χ1n) is 5.87. The van der Waals surface area contributed by atoms with Crippen molar-refractivity contribution in [3.8, 4) is 0 Å². The Morgan fingerprint density at radius 1 is 1.50 bits per heavy atom. The second kappa shape index (κ2) is 5.14. The maximum atomic E-state index is 12.4. The number of halogens is 3. The van der Waals surface area contributed by atoms with E-state index in [2.05, 4.69) is 29.0 Å². The van der Waals surface area contributed by atoms with E-state index in [-0.39, 0.29) is 0 Å². The van der Waals surface area contributed by atoms with Crippen LogP contribution >= 0.6 is 11.3 Å². The van der Waals surface area contributed by atoms with Gasteiger partial charge in [0.25, 0.3) is 0 Å². The second-order valence-corrected chi connectivity index (χ2v) is 5.70. The summed E-state index contributed by atoms with van der Waals surface area (Å²) in [7, 11) is 0. The zero-order chi connectivity index (χ0) is 13.3. The number of nitrogens with zero attached hydrogens (tertiary/aromatic N) is 2. The van der Waals surface area contributed by atoms with Gasteiger partial charge in [-0.2, -0.15) is 13.2 Å². The third-order valence-corrected chi connectivity index (χ3v) is 4.35. The van der Waals surface area contributed by atoms with E-state index in [1.54, 1.807) is 0 Å². The van der Waals surface area contributed by atoms with Gasteiger partial charge < -0.3 is 5.32 Å². The van der Waals surface area contributed by atoms with Gasteiger partial charge in [-0.25, -0.2) is 4.98 Å². The summed E-state index contributed by atoms with van der Waals surface area (Å²) in [4.78, 5) is 6.31. The van der Waals surface area contributed by atoms with Crippen LogP contribution in [0.2, 0.25) is 0 Å². The maximum absolute atomic E-state index is 12.4. The molecule has 18 heavy (non-hydrogen) atoms. The smallest absolute Gasteiger partial charge is 0.311 e. The molecular formula is C11H16F3N3S. The van der Waals surface area contributed by atoms with Crippen LogP contribution in [0.25, 0.3) is 0 Å². The van der Waals surface area contributed by atoms with Crippen LogP contribution in [0.1, 0.15) is 23.7 Å². The summed E-state index contributed by atoms with van der Waals surface area (Å²) < 4.78 is 37.3. The fourth-order valence-electron chi connectivity index (χ4n) is 2.06. The molecule has 2 heterocycles. The SMILES string of the molecule is CC1NCCN(Cc2cnc(C(F)(F)F)s2)C1C. The molecule has 0 aromatic carbocycles. The van der Waals surface area contributed by atoms with Crippen molar-refractivity contribution in [3.05, 3.63) is 16.1 Å². The van der Waals surface area contributed by atoms with E-state index in [0.29, 0.717) is 23.5 Å². The highest BCUT2D eigenvalue weighted by atomic mass is 32.1. The van der Waals surface area contributed by atoms with Crippen molar-refractivity contribution in [1.29, 1.82) is 0 Å². The first-order valence-corrected chi connectivity index (χ1v) is 6.69. The minimum atomic E-state index is -4.33. The van der Waals surface area contributed by atoms with E-state index in [1.807, 2.05) is 0 Å². The average Bonchev–Trinajstić information content (AvgIpc) is 2.73. The van der Waals surface area contributed by atoms with E-state index in [4.69, 9.17) is 0 Å². The Morgan fingerprint density at radius 3 is 2.83 bits per heavy atom. The van der Waals surface area contributed by atoms with E-state index in [0.717, 1.165) is 24.4 Å². The van der Waals surface area contributed by atoms with Crippen LogP contribution in [-0.2, 0) is 12.7 Å². The van der Waals surface area contributed by atoms with Crippen molar-refractivity contribution in [2.75, 3.05) is 13.1 Å². The van der Waals surface area contributed by atoms with E-state index in [9.17, 15) is 13.2 Å². The molecule has 1 aromatic heterocycles. The molecule has 1 aromatic rings. The molecule has 0 saturated carbocycles. The third-order valence-electron chi connectivity index (χ3n) is 3.32. The highest BCUT2D eigenvalue weighted by molar-refractivity contribution is 7.11. The van der Waals surface area contributed by atoms with Gasteiger partial charge in [-0.3, -0.25) is 4.90 Å². The maximum Gasteiger partial charge on any atom is 0.443 e. The Morgan fingerprint density at radius 2 is 2.22 bits per heavy atom. The van der Waals surface area contributed by atoms with Crippen molar-refractivity contribution in [2.24, 2.45) is 0 Å². The molecule has 3 nitrogen and oxygen atoms in total. The largest absolute Gasteiger partial charge is 0.443 e. The van der Waals surface area contributed by atoms with Crippen molar-refractivity contribution in [3.63, 3.8) is 0 Å². The van der Waals surface area contributed by atoms with Crippen molar-refractivity contribution < 1.29 is 13.2 Å². The molecule has 1 fully saturated rings. The first-order chi connectivity index (χ1) is 8.38. The molecule has 0 aliphatic carbocycles. The number of nitrogens with one attached hydrogen (secondary N) is 1. The number of aromatic nitrogens is 1. The first kappa shape index (κ1) is 13.8. The number of hydrogen-bond donors (Lipinski definition) is 1. The predicted octanol–water partition coefficient (Wildman–Crippen LogP) is 2.34. The van der Waals surface area contributed by atoms with Crippen LogP contribution in [-0.4, -0.2) is 35.1 Å². The minimum absolute atomic E-state index is 0.315. The van der Waals surface area contributed by atoms with E-state index >= 15 is 0 Å². The molecule has 1 saturated heterocycles. The molecule has 7 heteroatoms. The average molecular weight is 279 g/mol. The second-order valence-electron chi connectivity index (χ2n) is 4.58. The number of alkyl halides is 3. The lowest BCUT2D eigenvalue weighted by Crippen LogP contribution is -2.54. The molecule has 0 bridgehead atoms. The van der Waals surface area contributed by atoms with Crippen LogP contribution in [0.15, 0.2) is 6.20 Å². The summed E-state index contributed by atoms with van der Waals surface area (Å²) in [5, 5.41) is 2.59. The molecule has 2 unspecified atom stereocenters. The van der Waals surface area contributed by atoms with Crippen LogP contribution in [0, 0.1) is 0 Å². The van der Waals surface area contributed by atoms with Crippen LogP contribution < -0.4 is 5.32 Å². The van der Waals surface area contributed by atoms with Crippen molar-refractivity contribution in [2.45, 2.75) is 38.7 Å². The van der Waals surface area contributed by atoms with Crippen LogP contribution in [0.4, 0.5) is 13.2 Å².